The maximum atomic E-state index is 12.5. The van der Waals surface area contributed by atoms with Crippen molar-refractivity contribution in [3.63, 3.8) is 0 Å². The van der Waals surface area contributed by atoms with Crippen molar-refractivity contribution in [1.82, 2.24) is 14.7 Å². The molecule has 1 unspecified atom stereocenters. The summed E-state index contributed by atoms with van der Waals surface area (Å²) in [6, 6.07) is 1.73. The van der Waals surface area contributed by atoms with Gasteiger partial charge in [0.1, 0.15) is 5.69 Å². The Morgan fingerprint density at radius 1 is 1.47 bits per heavy atom. The summed E-state index contributed by atoms with van der Waals surface area (Å²) in [4.78, 5) is 24.9. The highest BCUT2D eigenvalue weighted by Gasteiger charge is 2.28. The third-order valence-electron chi connectivity index (χ3n) is 3.62. The molecule has 1 atom stereocenters. The van der Waals surface area contributed by atoms with Gasteiger partial charge in [0.15, 0.2) is 0 Å². The zero-order valence-corrected chi connectivity index (χ0v) is 11.1. The van der Waals surface area contributed by atoms with Crippen LogP contribution in [0.25, 0.3) is 0 Å². The molecule has 104 valence electrons. The van der Waals surface area contributed by atoms with Gasteiger partial charge < -0.3 is 10.0 Å². The Kier molecular flexibility index (Phi) is 4.19. The van der Waals surface area contributed by atoms with Crippen molar-refractivity contribution in [3.05, 3.63) is 18.0 Å². The summed E-state index contributed by atoms with van der Waals surface area (Å²) in [6.07, 6.45) is 5.16. The van der Waals surface area contributed by atoms with E-state index in [4.69, 9.17) is 5.11 Å². The average molecular weight is 265 g/mol. The van der Waals surface area contributed by atoms with Gasteiger partial charge in [-0.15, -0.1) is 0 Å². The molecule has 6 nitrogen and oxygen atoms in total. The number of nitrogens with zero attached hydrogens (tertiary/aromatic N) is 3. The molecule has 1 N–H and O–H groups in total. The van der Waals surface area contributed by atoms with Crippen LogP contribution in [0.2, 0.25) is 0 Å². The monoisotopic (exact) mass is 265 g/mol. The van der Waals surface area contributed by atoms with Crippen molar-refractivity contribution in [1.29, 1.82) is 0 Å². The van der Waals surface area contributed by atoms with E-state index in [1.54, 1.807) is 24.0 Å². The van der Waals surface area contributed by atoms with E-state index in [1.165, 1.54) is 0 Å². The number of piperidine rings is 1. The molecule has 0 bridgehead atoms. The second kappa shape index (κ2) is 5.86. The zero-order valence-electron chi connectivity index (χ0n) is 11.1. The van der Waals surface area contributed by atoms with Gasteiger partial charge in [0, 0.05) is 32.3 Å². The van der Waals surface area contributed by atoms with E-state index in [0.717, 1.165) is 19.3 Å². The molecule has 0 aromatic carbocycles. The molecule has 1 aromatic rings. The van der Waals surface area contributed by atoms with Crippen LogP contribution >= 0.6 is 0 Å². The van der Waals surface area contributed by atoms with Gasteiger partial charge >= 0.3 is 5.97 Å². The lowest BCUT2D eigenvalue weighted by atomic mass is 9.97. The molecule has 6 heteroatoms. The number of hydrogen-bond acceptors (Lipinski definition) is 3. The predicted molar refractivity (Wildman–Crippen MR) is 68.8 cm³/mol. The summed E-state index contributed by atoms with van der Waals surface area (Å²) < 4.78 is 1.56. The van der Waals surface area contributed by atoms with Gasteiger partial charge in [-0.2, -0.15) is 5.10 Å². The Bertz CT molecular complexity index is 469. The minimum Gasteiger partial charge on any atom is -0.481 e. The van der Waals surface area contributed by atoms with Crippen LogP contribution in [0.4, 0.5) is 0 Å². The zero-order chi connectivity index (χ0) is 13.8. The number of rotatable bonds is 4. The molecule has 0 radical (unpaired) electrons. The predicted octanol–water partition coefficient (Wildman–Crippen LogP) is 1.28. The molecule has 1 aromatic heterocycles. The lowest BCUT2D eigenvalue weighted by Gasteiger charge is -2.35. The quantitative estimate of drug-likeness (QED) is 0.889. The molecule has 1 aliphatic rings. The van der Waals surface area contributed by atoms with Gasteiger partial charge in [0.05, 0.1) is 0 Å². The van der Waals surface area contributed by atoms with Gasteiger partial charge in [-0.3, -0.25) is 14.3 Å². The van der Waals surface area contributed by atoms with Gasteiger partial charge in [0.2, 0.25) is 0 Å². The molecule has 0 aliphatic carbocycles. The first-order valence-electron chi connectivity index (χ1n) is 6.60. The first kappa shape index (κ1) is 13.6. The third kappa shape index (κ3) is 3.13. The number of amides is 1. The van der Waals surface area contributed by atoms with Crippen LogP contribution in [0.1, 0.15) is 42.6 Å². The molecule has 2 heterocycles. The fourth-order valence-corrected chi connectivity index (χ4v) is 2.59. The van der Waals surface area contributed by atoms with Crippen LogP contribution in [0.3, 0.4) is 0 Å². The summed E-state index contributed by atoms with van der Waals surface area (Å²) in [6.45, 7) is 0.703. The van der Waals surface area contributed by atoms with Crippen LogP contribution in [0.5, 0.6) is 0 Å². The van der Waals surface area contributed by atoms with Crippen molar-refractivity contribution >= 4 is 11.9 Å². The van der Waals surface area contributed by atoms with Crippen LogP contribution in [-0.4, -0.2) is 44.3 Å². The molecular formula is C13H19N3O3. The van der Waals surface area contributed by atoms with E-state index >= 15 is 0 Å². The molecule has 0 spiro atoms. The maximum Gasteiger partial charge on any atom is 0.303 e. The number of aromatic nitrogens is 2. The fraction of sp³-hybridized carbons (Fsp3) is 0.615. The molecule has 2 rings (SSSR count). The number of carboxylic acids is 1. The Morgan fingerprint density at radius 3 is 2.89 bits per heavy atom. The summed E-state index contributed by atoms with van der Waals surface area (Å²) in [7, 11) is 1.74. The minimum absolute atomic E-state index is 0.0345. The Morgan fingerprint density at radius 2 is 2.26 bits per heavy atom. The molecule has 1 saturated heterocycles. The molecule has 1 amide bonds. The van der Waals surface area contributed by atoms with Gasteiger partial charge in [-0.1, -0.05) is 0 Å². The summed E-state index contributed by atoms with van der Waals surface area (Å²) in [5.74, 6) is -0.853. The lowest BCUT2D eigenvalue weighted by Crippen LogP contribution is -2.44. The van der Waals surface area contributed by atoms with Crippen LogP contribution in [-0.2, 0) is 11.8 Å². The first-order valence-corrected chi connectivity index (χ1v) is 6.60. The summed E-state index contributed by atoms with van der Waals surface area (Å²) in [5.41, 5.74) is 0.558. The van der Waals surface area contributed by atoms with Gasteiger partial charge in [-0.05, 0) is 31.7 Å². The standard InChI is InChI=1S/C13H19N3O3/c1-15-11(7-8-14-15)13(19)16-9-3-2-4-10(16)5-6-12(17)18/h7-8,10H,2-6,9H2,1H3,(H,17,18). The summed E-state index contributed by atoms with van der Waals surface area (Å²) >= 11 is 0. The molecule has 1 aliphatic heterocycles. The van der Waals surface area contributed by atoms with Crippen molar-refractivity contribution in [2.75, 3.05) is 6.54 Å². The van der Waals surface area contributed by atoms with Crippen molar-refractivity contribution in [2.45, 2.75) is 38.1 Å². The highest BCUT2D eigenvalue weighted by Crippen LogP contribution is 2.22. The van der Waals surface area contributed by atoms with E-state index in [0.29, 0.717) is 18.7 Å². The largest absolute Gasteiger partial charge is 0.481 e. The normalized spacial score (nSPS) is 19.4. The highest BCUT2D eigenvalue weighted by atomic mass is 16.4. The Hall–Kier alpha value is -1.85. The number of aryl methyl sites for hydroxylation is 1. The van der Waals surface area contributed by atoms with E-state index in [1.807, 2.05) is 4.90 Å². The number of aliphatic carboxylic acids is 1. The van der Waals surface area contributed by atoms with Crippen molar-refractivity contribution in [3.8, 4) is 0 Å². The van der Waals surface area contributed by atoms with Crippen LogP contribution in [0.15, 0.2) is 12.3 Å². The van der Waals surface area contributed by atoms with E-state index < -0.39 is 5.97 Å². The average Bonchev–Trinajstić information content (AvgIpc) is 2.82. The van der Waals surface area contributed by atoms with Crippen molar-refractivity contribution < 1.29 is 14.7 Å². The Labute approximate surface area is 112 Å². The van der Waals surface area contributed by atoms with E-state index in [9.17, 15) is 9.59 Å². The minimum atomic E-state index is -0.807. The SMILES string of the molecule is Cn1nccc1C(=O)N1CCCCC1CCC(=O)O. The van der Waals surface area contributed by atoms with Gasteiger partial charge in [-0.25, -0.2) is 0 Å². The number of carbonyl (C=O) groups excluding carboxylic acids is 1. The highest BCUT2D eigenvalue weighted by molar-refractivity contribution is 5.92. The topological polar surface area (TPSA) is 75.4 Å². The molecular weight excluding hydrogens is 246 g/mol. The first-order chi connectivity index (χ1) is 9.09. The molecule has 0 saturated carbocycles. The molecule has 19 heavy (non-hydrogen) atoms. The number of carboxylic acid groups (broad SMARTS) is 1. The second-order valence-corrected chi connectivity index (χ2v) is 4.92. The van der Waals surface area contributed by atoms with Crippen molar-refractivity contribution in [2.24, 2.45) is 7.05 Å². The summed E-state index contributed by atoms with van der Waals surface area (Å²) in [5, 5.41) is 12.8. The third-order valence-corrected chi connectivity index (χ3v) is 3.62. The smallest absolute Gasteiger partial charge is 0.303 e. The fourth-order valence-electron chi connectivity index (χ4n) is 2.59. The van der Waals surface area contributed by atoms with Gasteiger partial charge in [0.25, 0.3) is 5.91 Å². The van der Waals surface area contributed by atoms with E-state index in [2.05, 4.69) is 5.10 Å². The maximum absolute atomic E-state index is 12.5. The van der Waals surface area contributed by atoms with E-state index in [-0.39, 0.29) is 18.4 Å². The number of likely N-dealkylation sites (tertiary alicyclic amines) is 1. The molecule has 1 fully saturated rings. The lowest BCUT2D eigenvalue weighted by molar-refractivity contribution is -0.137. The Balaban J connectivity index is 2.08. The number of carbonyl (C=O) groups is 2. The van der Waals surface area contributed by atoms with Crippen LogP contribution < -0.4 is 0 Å². The second-order valence-electron chi connectivity index (χ2n) is 4.92. The van der Waals surface area contributed by atoms with Crippen LogP contribution in [0, 0.1) is 0 Å². The number of hydrogen-bond donors (Lipinski definition) is 1.